The summed E-state index contributed by atoms with van der Waals surface area (Å²) in [6.45, 7) is 4.70. The third-order valence-corrected chi connectivity index (χ3v) is 5.09. The first-order valence-corrected chi connectivity index (χ1v) is 10.9. The van der Waals surface area contributed by atoms with Gasteiger partial charge in [-0.1, -0.05) is 25.5 Å². The average molecular weight is 473 g/mol. The molecule has 0 aliphatic rings. The Bertz CT molecular complexity index is 1100. The highest BCUT2D eigenvalue weighted by molar-refractivity contribution is 6.00. The SMILES string of the molecule is C/C=C\C(=C/c1ncc(-c2cc(OC)c(C(=O)NCCCC)c(OC(F)F)c2)[nH]1)C(C)(C)C#N. The molecule has 0 radical (unpaired) electrons. The van der Waals surface area contributed by atoms with Gasteiger partial charge in [-0.15, -0.1) is 0 Å². The van der Waals surface area contributed by atoms with Crippen molar-refractivity contribution >= 4 is 12.0 Å². The van der Waals surface area contributed by atoms with Gasteiger partial charge in [0, 0.05) is 12.1 Å². The number of nitrogens with one attached hydrogen (secondary N) is 2. The van der Waals surface area contributed by atoms with Gasteiger partial charge in [-0.05, 0) is 51.0 Å². The maximum atomic E-state index is 13.2. The second-order valence-electron chi connectivity index (χ2n) is 8.06. The summed E-state index contributed by atoms with van der Waals surface area (Å²) in [6, 6.07) is 5.16. The molecule has 0 atom stereocenters. The molecular formula is C25H30F2N4O3. The van der Waals surface area contributed by atoms with E-state index >= 15 is 0 Å². The summed E-state index contributed by atoms with van der Waals surface area (Å²) in [5.74, 6) is -0.294. The van der Waals surface area contributed by atoms with E-state index in [0.717, 1.165) is 18.4 Å². The van der Waals surface area contributed by atoms with Crippen LogP contribution in [0.4, 0.5) is 8.78 Å². The van der Waals surface area contributed by atoms with Crippen molar-refractivity contribution in [2.24, 2.45) is 5.41 Å². The Morgan fingerprint density at radius 2 is 2.06 bits per heavy atom. The van der Waals surface area contributed by atoms with Crippen LogP contribution < -0.4 is 14.8 Å². The Morgan fingerprint density at radius 3 is 2.65 bits per heavy atom. The molecule has 1 aromatic heterocycles. The Hall–Kier alpha value is -3.67. The smallest absolute Gasteiger partial charge is 0.387 e. The molecule has 9 heteroatoms. The molecule has 0 saturated carbocycles. The highest BCUT2D eigenvalue weighted by Gasteiger charge is 2.24. The van der Waals surface area contributed by atoms with Crippen molar-refractivity contribution in [3.8, 4) is 28.8 Å². The summed E-state index contributed by atoms with van der Waals surface area (Å²) in [5, 5.41) is 12.2. The summed E-state index contributed by atoms with van der Waals surface area (Å²) < 4.78 is 36.3. The van der Waals surface area contributed by atoms with E-state index in [4.69, 9.17) is 4.74 Å². The van der Waals surface area contributed by atoms with Gasteiger partial charge in [-0.3, -0.25) is 4.79 Å². The zero-order valence-electron chi connectivity index (χ0n) is 20.0. The number of rotatable bonds is 11. The van der Waals surface area contributed by atoms with Crippen molar-refractivity contribution < 1.29 is 23.0 Å². The first kappa shape index (κ1) is 26.6. The van der Waals surface area contributed by atoms with Crippen LogP contribution in [0.25, 0.3) is 17.3 Å². The molecule has 2 N–H and O–H groups in total. The van der Waals surface area contributed by atoms with E-state index in [1.807, 2.05) is 26.0 Å². The molecule has 7 nitrogen and oxygen atoms in total. The standard InChI is InChI=1S/C25H30F2N4O3/c1-6-8-10-29-23(32)22-19(33-5)11-16(12-20(22)34-24(26)27)18-14-30-21(31-18)13-17(9-7-2)25(3,4)15-28/h7,9,11-14,24H,6,8,10H2,1-5H3,(H,29,32)(H,30,31)/b9-7-,17-13+. The first-order chi connectivity index (χ1) is 16.2. The van der Waals surface area contributed by atoms with Crippen LogP contribution in [0.2, 0.25) is 0 Å². The normalized spacial score (nSPS) is 12.1. The van der Waals surface area contributed by atoms with Crippen LogP contribution in [0.5, 0.6) is 11.5 Å². The lowest BCUT2D eigenvalue weighted by molar-refractivity contribution is -0.0502. The van der Waals surface area contributed by atoms with Crippen LogP contribution in [-0.2, 0) is 0 Å². The number of nitrogens with zero attached hydrogens (tertiary/aromatic N) is 2. The number of H-pyrrole nitrogens is 1. The van der Waals surface area contributed by atoms with E-state index in [0.29, 0.717) is 23.6 Å². The molecule has 1 aromatic carbocycles. The van der Waals surface area contributed by atoms with Crippen molar-refractivity contribution in [1.29, 1.82) is 5.26 Å². The minimum Gasteiger partial charge on any atom is -0.496 e. The van der Waals surface area contributed by atoms with Gasteiger partial charge in [0.1, 0.15) is 22.9 Å². The summed E-state index contributed by atoms with van der Waals surface area (Å²) in [7, 11) is 1.35. The maximum Gasteiger partial charge on any atom is 0.387 e. The number of imidazole rings is 1. The molecule has 0 saturated heterocycles. The number of hydrogen-bond donors (Lipinski definition) is 2. The van der Waals surface area contributed by atoms with E-state index < -0.39 is 17.9 Å². The lowest BCUT2D eigenvalue weighted by atomic mass is 9.85. The minimum atomic E-state index is -3.13. The highest BCUT2D eigenvalue weighted by Crippen LogP contribution is 2.36. The third-order valence-electron chi connectivity index (χ3n) is 5.09. The molecule has 0 unspecified atom stereocenters. The average Bonchev–Trinajstić information content (AvgIpc) is 3.26. The van der Waals surface area contributed by atoms with Crippen molar-refractivity contribution in [2.75, 3.05) is 13.7 Å². The Balaban J connectivity index is 2.52. The molecule has 0 spiro atoms. The minimum absolute atomic E-state index is 0.0917. The van der Waals surface area contributed by atoms with Crippen LogP contribution in [0.3, 0.4) is 0 Å². The summed E-state index contributed by atoms with van der Waals surface area (Å²) in [4.78, 5) is 20.1. The molecule has 0 aliphatic carbocycles. The van der Waals surface area contributed by atoms with Crippen LogP contribution in [0.15, 0.2) is 36.1 Å². The van der Waals surface area contributed by atoms with E-state index in [-0.39, 0.29) is 17.1 Å². The largest absolute Gasteiger partial charge is 0.496 e. The Kier molecular flexibility index (Phi) is 9.36. The zero-order valence-corrected chi connectivity index (χ0v) is 20.0. The molecule has 0 fully saturated rings. The number of ether oxygens (including phenoxy) is 2. The molecule has 0 aliphatic heterocycles. The van der Waals surface area contributed by atoms with E-state index in [1.165, 1.54) is 19.4 Å². The zero-order chi connectivity index (χ0) is 25.3. The maximum absolute atomic E-state index is 13.2. The van der Waals surface area contributed by atoms with Gasteiger partial charge in [-0.2, -0.15) is 14.0 Å². The predicted octanol–water partition coefficient (Wildman–Crippen LogP) is 5.73. The Morgan fingerprint density at radius 1 is 1.35 bits per heavy atom. The number of halogens is 2. The number of aromatic nitrogens is 2. The molecule has 0 bridgehead atoms. The number of nitriles is 1. The van der Waals surface area contributed by atoms with E-state index in [2.05, 4.69) is 26.1 Å². The predicted molar refractivity (Wildman–Crippen MR) is 127 cm³/mol. The van der Waals surface area contributed by atoms with Crippen molar-refractivity contribution in [1.82, 2.24) is 15.3 Å². The van der Waals surface area contributed by atoms with Crippen LogP contribution in [-0.4, -0.2) is 36.1 Å². The highest BCUT2D eigenvalue weighted by atomic mass is 19.3. The fourth-order valence-corrected chi connectivity index (χ4v) is 3.17. The number of unbranched alkanes of at least 4 members (excludes halogenated alkanes) is 1. The molecule has 2 rings (SSSR count). The van der Waals surface area contributed by atoms with Gasteiger partial charge in [0.05, 0.1) is 30.5 Å². The van der Waals surface area contributed by atoms with Crippen molar-refractivity contribution in [3.63, 3.8) is 0 Å². The fourth-order valence-electron chi connectivity index (χ4n) is 3.17. The summed E-state index contributed by atoms with van der Waals surface area (Å²) >= 11 is 0. The summed E-state index contributed by atoms with van der Waals surface area (Å²) in [6.07, 6.45) is 8.55. The topological polar surface area (TPSA) is 100 Å². The first-order valence-electron chi connectivity index (χ1n) is 10.9. The van der Waals surface area contributed by atoms with Gasteiger partial charge in [0.25, 0.3) is 5.91 Å². The molecule has 182 valence electrons. The molecule has 1 amide bonds. The lowest BCUT2D eigenvalue weighted by Gasteiger charge is -2.16. The molecule has 2 aromatic rings. The fraction of sp³-hybridized carbons (Fsp3) is 0.400. The molecule has 34 heavy (non-hydrogen) atoms. The summed E-state index contributed by atoms with van der Waals surface area (Å²) in [5.41, 5.74) is 0.839. The number of allylic oxidation sites excluding steroid dienone is 3. The van der Waals surface area contributed by atoms with Crippen molar-refractivity contribution in [2.45, 2.75) is 47.1 Å². The molecule has 1 heterocycles. The number of amides is 1. The van der Waals surface area contributed by atoms with Gasteiger partial charge in [0.15, 0.2) is 0 Å². The number of carbonyl (C=O) groups is 1. The number of methoxy groups -OCH3 is 1. The van der Waals surface area contributed by atoms with E-state index in [1.54, 1.807) is 26.0 Å². The lowest BCUT2D eigenvalue weighted by Crippen LogP contribution is -2.26. The monoisotopic (exact) mass is 472 g/mol. The number of alkyl halides is 2. The second kappa shape index (κ2) is 12.0. The van der Waals surface area contributed by atoms with E-state index in [9.17, 15) is 18.8 Å². The van der Waals surface area contributed by atoms with Crippen LogP contribution >= 0.6 is 0 Å². The van der Waals surface area contributed by atoms with Gasteiger partial charge in [-0.25, -0.2) is 4.98 Å². The molecular weight excluding hydrogens is 442 g/mol. The quantitative estimate of drug-likeness (QED) is 0.322. The number of carbonyl (C=O) groups excluding carboxylic acids is 1. The van der Waals surface area contributed by atoms with Gasteiger partial charge >= 0.3 is 6.61 Å². The second-order valence-corrected chi connectivity index (χ2v) is 8.06. The Labute approximate surface area is 198 Å². The number of benzene rings is 1. The van der Waals surface area contributed by atoms with Gasteiger partial charge < -0.3 is 19.8 Å². The van der Waals surface area contributed by atoms with Gasteiger partial charge in [0.2, 0.25) is 0 Å². The van der Waals surface area contributed by atoms with Crippen LogP contribution in [0, 0.1) is 16.7 Å². The number of hydrogen-bond acceptors (Lipinski definition) is 5. The van der Waals surface area contributed by atoms with Crippen LogP contribution in [0.1, 0.15) is 56.7 Å². The van der Waals surface area contributed by atoms with Crippen molar-refractivity contribution in [3.05, 3.63) is 47.4 Å². The third kappa shape index (κ3) is 6.67. The number of aromatic amines is 1.